The molecule has 0 atom stereocenters. The first-order valence-corrected chi connectivity index (χ1v) is 0. The third-order valence-electron chi connectivity index (χ3n) is 0. The van der Waals surface area contributed by atoms with Crippen molar-refractivity contribution in [1.29, 1.82) is 0 Å². The average Bonchev–Trinajstić information content (AvgIpc) is 0. The molecule has 0 radical (unpaired) electrons. The summed E-state index contributed by atoms with van der Waals surface area (Å²) in [7, 11) is 0. The van der Waals surface area contributed by atoms with Gasteiger partial charge in [0.1, 0.15) is 0 Å². The largest absolute Gasteiger partial charge is 3.00 e. The van der Waals surface area contributed by atoms with Gasteiger partial charge < -0.3 is 27.4 Å². The predicted octanol–water partition coefficient (Wildman–Crippen LogP) is -1.27. The summed E-state index contributed by atoms with van der Waals surface area (Å²) >= 11 is 0. The monoisotopic (exact) mass is 258 g/mol. The van der Waals surface area contributed by atoms with E-state index in [1.807, 2.05) is 0 Å². The average molecular weight is 259 g/mol. The van der Waals surface area contributed by atoms with Gasteiger partial charge in [0, 0.05) is 0 Å². The molecule has 5 N–H and O–H groups in total. The molecule has 0 fully saturated rings. The Bertz CT molecular complexity index is 8.04. The van der Waals surface area contributed by atoms with Gasteiger partial charge in [-0.2, -0.15) is 0 Å². The van der Waals surface area contributed by atoms with Crippen LogP contribution in [-0.4, -0.2) is 53.2 Å². The minimum Gasteiger partial charge on any atom is -0.870 e. The van der Waals surface area contributed by atoms with Crippen LogP contribution in [0.4, 0.5) is 0 Å². The van der Waals surface area contributed by atoms with Gasteiger partial charge in [-0.3, -0.25) is 0 Å². The van der Waals surface area contributed by atoms with Crippen LogP contribution in [0.1, 0.15) is 0 Å². The summed E-state index contributed by atoms with van der Waals surface area (Å²) in [6, 6.07) is 0. The SMILES string of the molecule is [In+3].[Ni+2].[OH-].[OH-].[OH-].[OH-].[OH-]. The molecule has 0 aliphatic carbocycles. The zero-order valence-corrected chi connectivity index (χ0v) is 7.41. The van der Waals surface area contributed by atoms with Crippen molar-refractivity contribution < 1.29 is 43.9 Å². The molecule has 0 rings (SSSR count). The van der Waals surface area contributed by atoms with E-state index in [2.05, 4.69) is 0 Å². The molecule has 0 amide bonds. The summed E-state index contributed by atoms with van der Waals surface area (Å²) in [5.41, 5.74) is 0. The second-order valence-electron chi connectivity index (χ2n) is 0. The molecular formula is H5InNiO5. The minimum atomic E-state index is 0. The van der Waals surface area contributed by atoms with Crippen LogP contribution in [0.2, 0.25) is 0 Å². The van der Waals surface area contributed by atoms with Crippen LogP contribution in [0.5, 0.6) is 0 Å². The first-order valence-electron chi connectivity index (χ1n) is 0. The molecule has 7 heavy (non-hydrogen) atoms. The molecule has 48 valence electrons. The van der Waals surface area contributed by atoms with Gasteiger partial charge in [-0.15, -0.1) is 0 Å². The molecule has 7 heteroatoms. The quantitative estimate of drug-likeness (QED) is 0.496. The van der Waals surface area contributed by atoms with Crippen LogP contribution >= 0.6 is 0 Å². The Kier molecular flexibility index (Phi) is 8880. The van der Waals surface area contributed by atoms with E-state index in [1.54, 1.807) is 0 Å². The van der Waals surface area contributed by atoms with E-state index in [9.17, 15) is 0 Å². The maximum Gasteiger partial charge on any atom is 3.00 e. The van der Waals surface area contributed by atoms with E-state index < -0.39 is 0 Å². The smallest absolute Gasteiger partial charge is 0.870 e. The second kappa shape index (κ2) is 201. The topological polar surface area (TPSA) is 150 Å². The molecule has 0 heterocycles. The summed E-state index contributed by atoms with van der Waals surface area (Å²) in [6.07, 6.45) is 0. The van der Waals surface area contributed by atoms with E-state index in [0.717, 1.165) is 0 Å². The van der Waals surface area contributed by atoms with Crippen molar-refractivity contribution >= 4 is 25.8 Å². The molecule has 5 nitrogen and oxygen atoms in total. The van der Waals surface area contributed by atoms with Crippen molar-refractivity contribution in [2.45, 2.75) is 0 Å². The zero-order chi connectivity index (χ0) is 0. The molecule has 0 unspecified atom stereocenters. The van der Waals surface area contributed by atoms with Gasteiger partial charge in [-0.25, -0.2) is 0 Å². The first kappa shape index (κ1) is 309. The van der Waals surface area contributed by atoms with Crippen molar-refractivity contribution in [3.05, 3.63) is 0 Å². The van der Waals surface area contributed by atoms with Gasteiger partial charge in [0.05, 0.1) is 0 Å². The third kappa shape index (κ3) is 141. The fourth-order valence-electron chi connectivity index (χ4n) is 0. The van der Waals surface area contributed by atoms with E-state index in [0.29, 0.717) is 0 Å². The van der Waals surface area contributed by atoms with Crippen LogP contribution in [0, 0.1) is 0 Å². The molecule has 0 saturated heterocycles. The minimum absolute atomic E-state index is 0. The Morgan fingerprint density at radius 1 is 0.429 bits per heavy atom. The van der Waals surface area contributed by atoms with Gasteiger partial charge in [-0.05, 0) is 0 Å². The van der Waals surface area contributed by atoms with Crippen molar-refractivity contribution in [2.75, 3.05) is 0 Å². The molecular weight excluding hydrogens is 254 g/mol. The fourth-order valence-corrected chi connectivity index (χ4v) is 0. The van der Waals surface area contributed by atoms with Crippen molar-refractivity contribution in [2.24, 2.45) is 0 Å². The molecule has 0 aliphatic rings. The Hall–Kier alpha value is 1.16. The maximum atomic E-state index is 0. The summed E-state index contributed by atoms with van der Waals surface area (Å²) in [5.74, 6) is 0. The van der Waals surface area contributed by atoms with E-state index in [-0.39, 0.29) is 69.7 Å². The van der Waals surface area contributed by atoms with Crippen LogP contribution in [0.25, 0.3) is 0 Å². The molecule has 0 aliphatic heterocycles. The molecule has 0 spiro atoms. The molecule has 0 aromatic heterocycles. The van der Waals surface area contributed by atoms with Crippen LogP contribution < -0.4 is 0 Å². The standard InChI is InChI=1S/In.Ni.5H2O/h;;5*1H2/q+3;+2;;;;;/p-5. The Labute approximate surface area is 69.7 Å². The predicted molar refractivity (Wildman–Crippen MR) is 15.4 cm³/mol. The molecule has 0 bridgehead atoms. The van der Waals surface area contributed by atoms with Crippen molar-refractivity contribution in [3.8, 4) is 0 Å². The van der Waals surface area contributed by atoms with Crippen molar-refractivity contribution in [1.82, 2.24) is 0 Å². The van der Waals surface area contributed by atoms with Gasteiger partial charge in [-0.1, -0.05) is 0 Å². The fraction of sp³-hybridized carbons (Fsp3) is 0. The number of hydrogen-bond acceptors (Lipinski definition) is 5. The van der Waals surface area contributed by atoms with E-state index in [1.165, 1.54) is 0 Å². The second-order valence-corrected chi connectivity index (χ2v) is 0. The molecule has 0 aromatic rings. The van der Waals surface area contributed by atoms with Gasteiger partial charge in [0.15, 0.2) is 0 Å². The van der Waals surface area contributed by atoms with Gasteiger partial charge >= 0.3 is 42.3 Å². The maximum absolute atomic E-state index is 0. The van der Waals surface area contributed by atoms with Crippen LogP contribution in [0.15, 0.2) is 0 Å². The normalized spacial score (nSPS) is 0. The van der Waals surface area contributed by atoms with E-state index in [4.69, 9.17) is 0 Å². The number of hydrogen-bond donors (Lipinski definition) is 0. The number of rotatable bonds is 0. The zero-order valence-electron chi connectivity index (χ0n) is 3.13. The Balaban J connectivity index is 0. The third-order valence-corrected chi connectivity index (χ3v) is 0. The van der Waals surface area contributed by atoms with Gasteiger partial charge in [0.2, 0.25) is 0 Å². The summed E-state index contributed by atoms with van der Waals surface area (Å²) in [6.45, 7) is 0. The summed E-state index contributed by atoms with van der Waals surface area (Å²) in [4.78, 5) is 0. The van der Waals surface area contributed by atoms with Crippen LogP contribution in [0.3, 0.4) is 0 Å². The Morgan fingerprint density at radius 2 is 0.429 bits per heavy atom. The summed E-state index contributed by atoms with van der Waals surface area (Å²) < 4.78 is 0. The van der Waals surface area contributed by atoms with Crippen molar-refractivity contribution in [3.63, 3.8) is 0 Å². The van der Waals surface area contributed by atoms with Crippen LogP contribution in [-0.2, 0) is 16.5 Å². The van der Waals surface area contributed by atoms with Gasteiger partial charge in [0.25, 0.3) is 0 Å². The Morgan fingerprint density at radius 3 is 0.429 bits per heavy atom. The molecule has 0 aromatic carbocycles. The summed E-state index contributed by atoms with van der Waals surface area (Å²) in [5, 5.41) is 0. The van der Waals surface area contributed by atoms with E-state index >= 15 is 0 Å². The first-order chi connectivity index (χ1) is 0. The molecule has 0 saturated carbocycles.